The van der Waals surface area contributed by atoms with Gasteiger partial charge in [0.2, 0.25) is 0 Å². The van der Waals surface area contributed by atoms with Gasteiger partial charge in [-0.3, -0.25) is 14.5 Å². The molecule has 1 amide bonds. The summed E-state index contributed by atoms with van der Waals surface area (Å²) in [6.45, 7) is 9.74. The van der Waals surface area contributed by atoms with E-state index in [1.165, 1.54) is 13.8 Å². The van der Waals surface area contributed by atoms with E-state index in [9.17, 15) is 14.7 Å². The van der Waals surface area contributed by atoms with Gasteiger partial charge in [0, 0.05) is 44.2 Å². The molecule has 2 saturated heterocycles. The van der Waals surface area contributed by atoms with Crippen molar-refractivity contribution in [1.82, 2.24) is 4.90 Å². The van der Waals surface area contributed by atoms with Crippen LogP contribution in [0.25, 0.3) is 0 Å². The van der Waals surface area contributed by atoms with E-state index < -0.39 is 24.3 Å². The van der Waals surface area contributed by atoms with Crippen molar-refractivity contribution in [3.63, 3.8) is 0 Å². The first-order chi connectivity index (χ1) is 23.4. The van der Waals surface area contributed by atoms with Crippen molar-refractivity contribution in [1.29, 1.82) is 0 Å². The van der Waals surface area contributed by atoms with E-state index in [-0.39, 0.29) is 18.8 Å². The minimum Gasteiger partial charge on any atom is -0.453 e. The number of rotatable bonds is 8. The molecule has 0 bridgehead atoms. The molecule has 266 valence electrons. The molecule has 4 atom stereocenters. The Labute approximate surface area is 282 Å². The summed E-state index contributed by atoms with van der Waals surface area (Å²) < 4.78 is 46.5. The average Bonchev–Trinajstić information content (AvgIpc) is 3.08. The third-order valence-electron chi connectivity index (χ3n) is 7.81. The topological polar surface area (TPSA) is 143 Å². The van der Waals surface area contributed by atoms with Crippen LogP contribution < -0.4 is 5.32 Å². The van der Waals surface area contributed by atoms with E-state index in [4.69, 9.17) is 37.9 Å². The first-order valence-corrected chi connectivity index (χ1v) is 16.6. The fraction of sp³-hybridized carbons (Fsp3) is 0.600. The Morgan fingerprint density at radius 2 is 1.42 bits per heavy atom. The van der Waals surface area contributed by atoms with Gasteiger partial charge in [-0.05, 0) is 30.2 Å². The Balaban J connectivity index is 1.46. The predicted octanol–water partition coefficient (Wildman–Crippen LogP) is 3.01. The summed E-state index contributed by atoms with van der Waals surface area (Å²) in [6, 6.07) is 15.0. The maximum atomic E-state index is 12.6. The highest BCUT2D eigenvalue weighted by Crippen LogP contribution is 2.38. The van der Waals surface area contributed by atoms with Gasteiger partial charge in [0.25, 0.3) is 5.91 Å². The monoisotopic (exact) mass is 674 g/mol. The lowest BCUT2D eigenvalue weighted by Crippen LogP contribution is -2.42. The Hall–Kier alpha value is -2.98. The van der Waals surface area contributed by atoms with Gasteiger partial charge in [-0.15, -0.1) is 0 Å². The number of hydrogen-bond acceptors (Lipinski definition) is 12. The quantitative estimate of drug-likeness (QED) is 0.398. The first-order valence-electron chi connectivity index (χ1n) is 16.6. The Morgan fingerprint density at radius 3 is 1.98 bits per heavy atom. The molecule has 13 heteroatoms. The van der Waals surface area contributed by atoms with Crippen molar-refractivity contribution >= 4 is 17.6 Å². The lowest BCUT2D eigenvalue weighted by molar-refractivity contribution is -0.253. The fourth-order valence-corrected chi connectivity index (χ4v) is 5.29. The Morgan fingerprint density at radius 1 is 0.833 bits per heavy atom. The molecule has 0 aromatic heterocycles. The second kappa shape index (κ2) is 21.2. The molecule has 2 heterocycles. The van der Waals surface area contributed by atoms with Crippen LogP contribution in [0.1, 0.15) is 49.4 Å². The highest BCUT2D eigenvalue weighted by atomic mass is 16.7. The molecule has 48 heavy (non-hydrogen) atoms. The molecule has 2 aliphatic heterocycles. The number of nitrogens with one attached hydrogen (secondary N) is 1. The zero-order chi connectivity index (χ0) is 34.0. The highest BCUT2D eigenvalue weighted by molar-refractivity contribution is 5.95. The second-order valence-electron chi connectivity index (χ2n) is 11.6. The summed E-state index contributed by atoms with van der Waals surface area (Å²) in [7, 11) is 0. The third kappa shape index (κ3) is 13.5. The summed E-state index contributed by atoms with van der Waals surface area (Å²) in [5.74, 6) is -0.973. The van der Waals surface area contributed by atoms with Gasteiger partial charge in [0.1, 0.15) is 0 Å². The van der Waals surface area contributed by atoms with Crippen molar-refractivity contribution < 1.29 is 52.6 Å². The number of carbonyl (C=O) groups is 2. The van der Waals surface area contributed by atoms with Crippen molar-refractivity contribution in [2.24, 2.45) is 0 Å². The van der Waals surface area contributed by atoms with Crippen LogP contribution in [-0.4, -0.2) is 120 Å². The molecule has 4 rings (SSSR count). The van der Waals surface area contributed by atoms with Crippen LogP contribution in [0.2, 0.25) is 0 Å². The lowest BCUT2D eigenvalue weighted by atomic mass is 9.99. The fourth-order valence-electron chi connectivity index (χ4n) is 5.29. The minimum absolute atomic E-state index is 0.0412. The summed E-state index contributed by atoms with van der Waals surface area (Å²) in [5, 5.41) is 12.4. The van der Waals surface area contributed by atoms with Gasteiger partial charge >= 0.3 is 5.97 Å². The van der Waals surface area contributed by atoms with Crippen LogP contribution >= 0.6 is 0 Å². The zero-order valence-electron chi connectivity index (χ0n) is 28.0. The summed E-state index contributed by atoms with van der Waals surface area (Å²) in [6.07, 6.45) is -1.55. The molecule has 2 aromatic rings. The predicted molar refractivity (Wildman–Crippen MR) is 175 cm³/mol. The van der Waals surface area contributed by atoms with Crippen LogP contribution in [0.4, 0.5) is 5.69 Å². The molecular weight excluding hydrogens is 624 g/mol. The molecule has 0 radical (unpaired) electrons. The van der Waals surface area contributed by atoms with Gasteiger partial charge in [0.05, 0.1) is 84.9 Å². The molecule has 2 fully saturated rings. The number of esters is 1. The van der Waals surface area contributed by atoms with E-state index in [1.54, 1.807) is 12.1 Å². The van der Waals surface area contributed by atoms with E-state index >= 15 is 0 Å². The summed E-state index contributed by atoms with van der Waals surface area (Å²) >= 11 is 0. The maximum absolute atomic E-state index is 12.6. The molecule has 13 nitrogen and oxygen atoms in total. The van der Waals surface area contributed by atoms with Gasteiger partial charge in [0.15, 0.2) is 12.4 Å². The highest BCUT2D eigenvalue weighted by Gasteiger charge is 2.33. The number of benzene rings is 2. The van der Waals surface area contributed by atoms with Crippen molar-refractivity contribution in [2.45, 2.75) is 51.5 Å². The number of carbonyl (C=O) groups excluding carboxylic acids is 2. The SMILES string of the molecule is CC(=O)OC(C)C(=O)Nc1cccc(C2OC(CN3CCOCCOCCOCCOCCOCC3)CC(c3ccc(CO)cc3)O2)c1. The molecule has 0 saturated carbocycles. The van der Waals surface area contributed by atoms with Crippen LogP contribution in [0, 0.1) is 0 Å². The molecular formula is C35H50N2O11. The summed E-state index contributed by atoms with van der Waals surface area (Å²) in [4.78, 5) is 26.2. The number of aliphatic hydroxyl groups is 1. The molecule has 2 N–H and O–H groups in total. The Kier molecular flexibility index (Phi) is 16.7. The average molecular weight is 675 g/mol. The summed E-state index contributed by atoms with van der Waals surface area (Å²) in [5.41, 5.74) is 3.04. The zero-order valence-corrected chi connectivity index (χ0v) is 28.0. The first kappa shape index (κ1) is 37.8. The third-order valence-corrected chi connectivity index (χ3v) is 7.81. The number of amides is 1. The van der Waals surface area contributed by atoms with Gasteiger partial charge < -0.3 is 48.3 Å². The van der Waals surface area contributed by atoms with Gasteiger partial charge in [-0.1, -0.05) is 36.4 Å². The molecule has 0 aliphatic carbocycles. The number of nitrogens with zero attached hydrogens (tertiary/aromatic N) is 1. The minimum atomic E-state index is -0.941. The van der Waals surface area contributed by atoms with Crippen LogP contribution in [0.15, 0.2) is 48.5 Å². The lowest BCUT2D eigenvalue weighted by Gasteiger charge is -2.38. The van der Waals surface area contributed by atoms with Crippen LogP contribution in [0.5, 0.6) is 0 Å². The van der Waals surface area contributed by atoms with E-state index in [1.807, 2.05) is 36.4 Å². The smallest absolute Gasteiger partial charge is 0.303 e. The maximum Gasteiger partial charge on any atom is 0.303 e. The number of aliphatic hydroxyl groups excluding tert-OH is 1. The Bertz CT molecular complexity index is 1210. The molecule has 4 unspecified atom stereocenters. The molecule has 2 aromatic carbocycles. The van der Waals surface area contributed by atoms with Crippen molar-refractivity contribution in [2.75, 3.05) is 91.0 Å². The van der Waals surface area contributed by atoms with Crippen molar-refractivity contribution in [3.05, 3.63) is 65.2 Å². The van der Waals surface area contributed by atoms with Crippen LogP contribution in [-0.2, 0) is 54.1 Å². The van der Waals surface area contributed by atoms with Crippen LogP contribution in [0.3, 0.4) is 0 Å². The van der Waals surface area contributed by atoms with Gasteiger partial charge in [-0.25, -0.2) is 0 Å². The number of ether oxygens (including phenoxy) is 8. The molecule has 0 spiro atoms. The number of anilines is 1. The van der Waals surface area contributed by atoms with E-state index in [0.29, 0.717) is 97.8 Å². The molecule has 2 aliphatic rings. The van der Waals surface area contributed by atoms with E-state index in [2.05, 4.69) is 10.2 Å². The van der Waals surface area contributed by atoms with Crippen molar-refractivity contribution in [3.8, 4) is 0 Å². The van der Waals surface area contributed by atoms with E-state index in [0.717, 1.165) is 16.7 Å². The standard InChI is InChI=1S/C35H50N2O11/c1-26(46-27(2)39)34(40)36-31-5-3-4-30(22-31)35-47-32(23-33(48-35)29-8-6-28(25-38)7-9-29)24-37-10-12-41-14-16-43-18-20-45-21-19-44-17-15-42-13-11-37/h3-9,22,26,32-33,35,38H,10-21,23-25H2,1-2H3,(H,36,40). The number of hydrogen-bond donors (Lipinski definition) is 2. The van der Waals surface area contributed by atoms with Gasteiger partial charge in [-0.2, -0.15) is 0 Å². The normalized spacial score (nSPS) is 23.7. The largest absolute Gasteiger partial charge is 0.453 e. The second-order valence-corrected chi connectivity index (χ2v) is 11.6.